The number of benzene rings is 1. The number of nitrogens with one attached hydrogen (secondary N) is 2. The van der Waals surface area contributed by atoms with E-state index >= 15 is 0 Å². The maximum absolute atomic E-state index is 11.6. The minimum absolute atomic E-state index is 0.194. The van der Waals surface area contributed by atoms with Crippen molar-refractivity contribution in [3.63, 3.8) is 0 Å². The van der Waals surface area contributed by atoms with Crippen LogP contribution in [0.1, 0.15) is 11.3 Å². The zero-order chi connectivity index (χ0) is 14.1. The Kier molecular flexibility index (Phi) is 3.12. The summed E-state index contributed by atoms with van der Waals surface area (Å²) in [6, 6.07) is 12.1. The van der Waals surface area contributed by atoms with Gasteiger partial charge in [0, 0.05) is 17.6 Å². The van der Waals surface area contributed by atoms with Crippen molar-refractivity contribution in [3.05, 3.63) is 59.5 Å². The summed E-state index contributed by atoms with van der Waals surface area (Å²) in [6.45, 7) is 2.03. The molecule has 0 saturated carbocycles. The Bertz CT molecular complexity index is 716. The van der Waals surface area contributed by atoms with Gasteiger partial charge < -0.3 is 9.88 Å². The van der Waals surface area contributed by atoms with Gasteiger partial charge in [0.15, 0.2) is 5.11 Å². The summed E-state index contributed by atoms with van der Waals surface area (Å²) in [5, 5.41) is 5.74. The largest absolute Gasteiger partial charge is 0.328 e. The van der Waals surface area contributed by atoms with E-state index in [1.807, 2.05) is 49.5 Å². The fourth-order valence-corrected chi connectivity index (χ4v) is 2.40. The number of thiocarbonyl (C=S) groups is 1. The molecule has 1 fully saturated rings. The van der Waals surface area contributed by atoms with Crippen molar-refractivity contribution in [1.82, 2.24) is 15.2 Å². The van der Waals surface area contributed by atoms with Crippen LogP contribution in [0.5, 0.6) is 0 Å². The maximum atomic E-state index is 11.6. The van der Waals surface area contributed by atoms with Gasteiger partial charge in [-0.3, -0.25) is 10.1 Å². The first-order valence-corrected chi connectivity index (χ1v) is 6.63. The lowest BCUT2D eigenvalue weighted by atomic mass is 10.2. The van der Waals surface area contributed by atoms with Gasteiger partial charge in [0.2, 0.25) is 0 Å². The smallest absolute Gasteiger partial charge is 0.273 e. The minimum atomic E-state index is -0.194. The Morgan fingerprint density at radius 1 is 1.20 bits per heavy atom. The second-order valence-electron chi connectivity index (χ2n) is 4.59. The van der Waals surface area contributed by atoms with Crippen LogP contribution in [0, 0.1) is 6.92 Å². The number of carbonyl (C=O) groups excluding carboxylic acids is 1. The van der Waals surface area contributed by atoms with Crippen LogP contribution in [-0.4, -0.2) is 15.6 Å². The first kappa shape index (κ1) is 12.6. The number of amides is 1. The fraction of sp³-hybridized carbons (Fsp3) is 0.0667. The predicted molar refractivity (Wildman–Crippen MR) is 82.4 cm³/mol. The van der Waals surface area contributed by atoms with E-state index in [-0.39, 0.29) is 5.91 Å². The third kappa shape index (κ3) is 2.35. The van der Waals surface area contributed by atoms with Crippen molar-refractivity contribution in [2.45, 2.75) is 6.92 Å². The lowest BCUT2D eigenvalue weighted by molar-refractivity contribution is -0.115. The highest BCUT2D eigenvalue weighted by atomic mass is 32.1. The molecule has 3 rings (SSSR count). The van der Waals surface area contributed by atoms with Gasteiger partial charge in [-0.1, -0.05) is 18.2 Å². The van der Waals surface area contributed by atoms with Crippen LogP contribution >= 0.6 is 12.2 Å². The van der Waals surface area contributed by atoms with Gasteiger partial charge in [-0.05, 0) is 49.0 Å². The maximum Gasteiger partial charge on any atom is 0.273 e. The first-order valence-electron chi connectivity index (χ1n) is 6.22. The molecule has 4 nitrogen and oxygen atoms in total. The third-order valence-electron chi connectivity index (χ3n) is 3.10. The highest BCUT2D eigenvalue weighted by Gasteiger charge is 2.20. The second-order valence-corrected chi connectivity index (χ2v) is 4.99. The zero-order valence-electron chi connectivity index (χ0n) is 10.9. The molecule has 2 aromatic rings. The van der Waals surface area contributed by atoms with E-state index in [1.54, 1.807) is 6.08 Å². The van der Waals surface area contributed by atoms with Crippen molar-refractivity contribution < 1.29 is 4.79 Å². The second kappa shape index (κ2) is 4.94. The number of hydrogen-bond acceptors (Lipinski definition) is 2. The highest BCUT2D eigenvalue weighted by molar-refractivity contribution is 7.80. The number of aromatic nitrogens is 1. The number of aryl methyl sites for hydroxylation is 1. The van der Waals surface area contributed by atoms with Crippen LogP contribution in [0.3, 0.4) is 0 Å². The Morgan fingerprint density at radius 2 is 1.95 bits per heavy atom. The monoisotopic (exact) mass is 283 g/mol. The van der Waals surface area contributed by atoms with E-state index in [0.717, 1.165) is 16.9 Å². The van der Waals surface area contributed by atoms with Gasteiger partial charge in [-0.2, -0.15) is 0 Å². The molecule has 0 aliphatic carbocycles. The topological polar surface area (TPSA) is 46.1 Å². The summed E-state index contributed by atoms with van der Waals surface area (Å²) in [6.07, 6.45) is 3.79. The zero-order valence-corrected chi connectivity index (χ0v) is 11.7. The van der Waals surface area contributed by atoms with E-state index in [1.165, 1.54) is 0 Å². The molecule has 1 saturated heterocycles. The van der Waals surface area contributed by atoms with Crippen molar-refractivity contribution in [3.8, 4) is 5.69 Å². The predicted octanol–water partition coefficient (Wildman–Crippen LogP) is 2.13. The van der Waals surface area contributed by atoms with E-state index < -0.39 is 0 Å². The molecule has 0 radical (unpaired) electrons. The standard InChI is InChI=1S/C15H13N3OS/c1-10-7-11(8-13-14(19)17-15(20)16-13)9-18(10)12-5-3-2-4-6-12/h2-9H,1H3,(H2,16,17,19,20)/b13-8-. The molecule has 0 bridgehead atoms. The van der Waals surface area contributed by atoms with Gasteiger partial charge in [-0.15, -0.1) is 0 Å². The summed E-state index contributed by atoms with van der Waals surface area (Å²) < 4.78 is 2.08. The van der Waals surface area contributed by atoms with Crippen LogP contribution in [-0.2, 0) is 4.79 Å². The summed E-state index contributed by atoms with van der Waals surface area (Å²) in [4.78, 5) is 11.6. The van der Waals surface area contributed by atoms with Crippen LogP contribution < -0.4 is 10.6 Å². The minimum Gasteiger partial charge on any atom is -0.328 e. The molecule has 0 unspecified atom stereocenters. The van der Waals surface area contributed by atoms with Crippen LogP contribution in [0.15, 0.2) is 48.3 Å². The molecule has 0 atom stereocenters. The number of para-hydroxylation sites is 1. The van der Waals surface area contributed by atoms with E-state index in [9.17, 15) is 4.79 Å². The summed E-state index contributed by atoms with van der Waals surface area (Å²) in [7, 11) is 0. The Morgan fingerprint density at radius 3 is 2.60 bits per heavy atom. The van der Waals surface area contributed by atoms with Gasteiger partial charge in [0.05, 0.1) is 0 Å². The molecule has 1 aromatic carbocycles. The summed E-state index contributed by atoms with van der Waals surface area (Å²) in [5.74, 6) is -0.194. The van der Waals surface area contributed by atoms with Crippen LogP contribution in [0.25, 0.3) is 11.8 Å². The van der Waals surface area contributed by atoms with E-state index in [0.29, 0.717) is 10.8 Å². The molecule has 0 spiro atoms. The summed E-state index contributed by atoms with van der Waals surface area (Å²) in [5.41, 5.74) is 3.62. The number of nitrogens with zero attached hydrogens (tertiary/aromatic N) is 1. The van der Waals surface area contributed by atoms with Gasteiger partial charge in [0.1, 0.15) is 5.70 Å². The molecule has 1 amide bonds. The third-order valence-corrected chi connectivity index (χ3v) is 3.30. The average Bonchev–Trinajstić information content (AvgIpc) is 2.94. The van der Waals surface area contributed by atoms with Crippen molar-refractivity contribution >= 4 is 29.3 Å². The number of hydrogen-bond donors (Lipinski definition) is 2. The Balaban J connectivity index is 1.96. The fourth-order valence-electron chi connectivity index (χ4n) is 2.19. The molecule has 2 N–H and O–H groups in total. The molecular formula is C15H13N3OS. The molecule has 1 aromatic heterocycles. The van der Waals surface area contributed by atoms with Gasteiger partial charge in [0.25, 0.3) is 5.91 Å². The highest BCUT2D eigenvalue weighted by Crippen LogP contribution is 2.17. The summed E-state index contributed by atoms with van der Waals surface area (Å²) >= 11 is 4.91. The molecule has 1 aliphatic heterocycles. The van der Waals surface area contributed by atoms with E-state index in [4.69, 9.17) is 12.2 Å². The molecule has 5 heteroatoms. The SMILES string of the molecule is Cc1cc(/C=C2\NC(=S)NC2=O)cn1-c1ccccc1. The van der Waals surface area contributed by atoms with Gasteiger partial charge in [-0.25, -0.2) is 0 Å². The number of carbonyl (C=O) groups is 1. The molecule has 1 aliphatic rings. The van der Waals surface area contributed by atoms with Crippen molar-refractivity contribution in [1.29, 1.82) is 0 Å². The number of rotatable bonds is 2. The van der Waals surface area contributed by atoms with Gasteiger partial charge >= 0.3 is 0 Å². The quantitative estimate of drug-likeness (QED) is 0.655. The van der Waals surface area contributed by atoms with Crippen LogP contribution in [0.2, 0.25) is 0 Å². The molecular weight excluding hydrogens is 270 g/mol. The van der Waals surface area contributed by atoms with E-state index in [2.05, 4.69) is 15.2 Å². The Labute approximate surface area is 122 Å². The molecule has 2 heterocycles. The lowest BCUT2D eigenvalue weighted by Gasteiger charge is -2.04. The van der Waals surface area contributed by atoms with Crippen molar-refractivity contribution in [2.24, 2.45) is 0 Å². The first-order chi connectivity index (χ1) is 9.63. The Hall–Kier alpha value is -2.40. The average molecular weight is 283 g/mol. The molecule has 20 heavy (non-hydrogen) atoms. The normalized spacial score (nSPS) is 16.4. The van der Waals surface area contributed by atoms with Crippen molar-refractivity contribution in [2.75, 3.05) is 0 Å². The molecule has 100 valence electrons. The van der Waals surface area contributed by atoms with Crippen LogP contribution in [0.4, 0.5) is 0 Å². The lowest BCUT2D eigenvalue weighted by Crippen LogP contribution is -2.21.